The Morgan fingerprint density at radius 3 is 2.61 bits per heavy atom. The fourth-order valence-corrected chi connectivity index (χ4v) is 2.59. The quantitative estimate of drug-likeness (QED) is 0.721. The van der Waals surface area contributed by atoms with E-state index in [1.807, 2.05) is 52.1 Å². The molecular weight excluding hydrogens is 308 g/mol. The van der Waals surface area contributed by atoms with E-state index in [0.717, 1.165) is 34.9 Å². The third-order valence-corrected chi connectivity index (χ3v) is 3.77. The molecule has 3 rings (SSSR count). The van der Waals surface area contributed by atoms with Crippen molar-refractivity contribution in [2.45, 2.75) is 20.4 Å². The Balaban J connectivity index is 1.86. The van der Waals surface area contributed by atoms with Gasteiger partial charge in [-0.3, -0.25) is 4.68 Å². The van der Waals surface area contributed by atoms with Gasteiger partial charge in [-0.05, 0) is 56.4 Å². The van der Waals surface area contributed by atoms with Gasteiger partial charge < -0.3 is 11.1 Å². The van der Waals surface area contributed by atoms with Crippen LogP contribution in [0.1, 0.15) is 12.6 Å². The second-order valence-electron chi connectivity index (χ2n) is 5.14. The molecule has 0 aliphatic rings. The first kappa shape index (κ1) is 15.2. The van der Waals surface area contributed by atoms with Crippen molar-refractivity contribution < 1.29 is 0 Å². The van der Waals surface area contributed by atoms with Crippen LogP contribution in [0.2, 0.25) is 0 Å². The van der Waals surface area contributed by atoms with Crippen molar-refractivity contribution in [1.29, 1.82) is 0 Å². The minimum absolute atomic E-state index is 0.252. The predicted molar refractivity (Wildman–Crippen MR) is 95.6 cm³/mol. The predicted octanol–water partition coefficient (Wildman–Crippen LogP) is 2.72. The van der Waals surface area contributed by atoms with E-state index in [0.29, 0.717) is 0 Å². The Morgan fingerprint density at radius 1 is 1.26 bits per heavy atom. The highest BCUT2D eigenvalue weighted by Crippen LogP contribution is 2.22. The molecule has 118 valence electrons. The van der Waals surface area contributed by atoms with Gasteiger partial charge in [0.2, 0.25) is 0 Å². The number of nitrogens with zero attached hydrogens (tertiary/aromatic N) is 4. The zero-order chi connectivity index (χ0) is 16.4. The second kappa shape index (κ2) is 6.21. The van der Waals surface area contributed by atoms with Gasteiger partial charge >= 0.3 is 0 Å². The summed E-state index contributed by atoms with van der Waals surface area (Å²) in [6.07, 6.45) is 3.80. The number of rotatable bonds is 4. The summed E-state index contributed by atoms with van der Waals surface area (Å²) < 4.78 is 3.80. The molecule has 0 amide bonds. The van der Waals surface area contributed by atoms with Crippen molar-refractivity contribution in [3.05, 3.63) is 48.4 Å². The highest BCUT2D eigenvalue weighted by atomic mass is 32.1. The Labute approximate surface area is 139 Å². The van der Waals surface area contributed by atoms with Crippen LogP contribution in [0.5, 0.6) is 0 Å². The van der Waals surface area contributed by atoms with Crippen LogP contribution in [0.25, 0.3) is 16.9 Å². The monoisotopic (exact) mass is 326 g/mol. The summed E-state index contributed by atoms with van der Waals surface area (Å²) in [5.41, 5.74) is 10.4. The minimum Gasteiger partial charge on any atom is -0.376 e. The molecule has 0 unspecified atom stereocenters. The van der Waals surface area contributed by atoms with Gasteiger partial charge in [0.1, 0.15) is 0 Å². The average molecular weight is 326 g/mol. The van der Waals surface area contributed by atoms with Gasteiger partial charge in [-0.15, -0.1) is 0 Å². The molecule has 0 aliphatic heterocycles. The van der Waals surface area contributed by atoms with Gasteiger partial charge in [-0.25, -0.2) is 4.68 Å². The summed E-state index contributed by atoms with van der Waals surface area (Å²) >= 11 is 4.83. The number of nitrogens with two attached hydrogens (primary N) is 1. The fraction of sp³-hybridized carbons (Fsp3) is 0.188. The first-order valence-corrected chi connectivity index (χ1v) is 7.74. The Hall–Kier alpha value is -2.67. The highest BCUT2D eigenvalue weighted by Gasteiger charge is 2.11. The van der Waals surface area contributed by atoms with Gasteiger partial charge in [0.15, 0.2) is 5.11 Å². The van der Waals surface area contributed by atoms with E-state index >= 15 is 0 Å². The first-order valence-electron chi connectivity index (χ1n) is 7.34. The highest BCUT2D eigenvalue weighted by molar-refractivity contribution is 7.80. The summed E-state index contributed by atoms with van der Waals surface area (Å²) in [5.74, 6) is 0. The van der Waals surface area contributed by atoms with Gasteiger partial charge in [0, 0.05) is 29.7 Å². The molecule has 1 aromatic carbocycles. The van der Waals surface area contributed by atoms with Crippen molar-refractivity contribution in [2.75, 3.05) is 5.32 Å². The summed E-state index contributed by atoms with van der Waals surface area (Å²) in [5, 5.41) is 12.2. The molecule has 0 radical (unpaired) electrons. The number of benzene rings is 1. The van der Waals surface area contributed by atoms with Gasteiger partial charge in [-0.1, -0.05) is 0 Å². The number of nitrogens with one attached hydrogen (secondary N) is 1. The lowest BCUT2D eigenvalue weighted by atomic mass is 10.2. The average Bonchev–Trinajstić information content (AvgIpc) is 3.14. The summed E-state index contributed by atoms with van der Waals surface area (Å²) in [7, 11) is 0. The third kappa shape index (κ3) is 3.09. The van der Waals surface area contributed by atoms with E-state index in [1.165, 1.54) is 0 Å². The zero-order valence-electron chi connectivity index (χ0n) is 13.0. The summed E-state index contributed by atoms with van der Waals surface area (Å²) in [4.78, 5) is 0. The minimum atomic E-state index is 0.252. The number of hydrogen-bond donors (Lipinski definition) is 2. The Kier molecular flexibility index (Phi) is 4.12. The molecule has 0 bridgehead atoms. The van der Waals surface area contributed by atoms with Crippen LogP contribution in [-0.4, -0.2) is 24.7 Å². The molecule has 0 spiro atoms. The van der Waals surface area contributed by atoms with Crippen LogP contribution < -0.4 is 11.1 Å². The van der Waals surface area contributed by atoms with E-state index in [4.69, 9.17) is 18.0 Å². The zero-order valence-corrected chi connectivity index (χ0v) is 13.8. The normalized spacial score (nSPS) is 10.7. The second-order valence-corrected chi connectivity index (χ2v) is 5.58. The Bertz CT molecular complexity index is 831. The molecule has 23 heavy (non-hydrogen) atoms. The maximum absolute atomic E-state index is 5.46. The lowest BCUT2D eigenvalue weighted by molar-refractivity contribution is 0.640. The lowest BCUT2D eigenvalue weighted by Gasteiger charge is -2.05. The lowest BCUT2D eigenvalue weighted by Crippen LogP contribution is -2.18. The largest absolute Gasteiger partial charge is 0.376 e. The number of hydrogen-bond acceptors (Lipinski definition) is 3. The van der Waals surface area contributed by atoms with Crippen molar-refractivity contribution in [3.8, 4) is 16.9 Å². The molecule has 0 saturated heterocycles. The van der Waals surface area contributed by atoms with Crippen LogP contribution in [0, 0.1) is 6.92 Å². The van der Waals surface area contributed by atoms with E-state index in [9.17, 15) is 0 Å². The smallest absolute Gasteiger partial charge is 0.168 e. The topological polar surface area (TPSA) is 73.7 Å². The molecule has 7 heteroatoms. The van der Waals surface area contributed by atoms with Gasteiger partial charge in [-0.2, -0.15) is 10.2 Å². The Morgan fingerprint density at radius 2 is 2.00 bits per heavy atom. The molecule has 0 aliphatic carbocycles. The molecule has 6 nitrogen and oxygen atoms in total. The summed E-state index contributed by atoms with van der Waals surface area (Å²) in [6, 6.07) is 9.73. The molecule has 2 heterocycles. The van der Waals surface area contributed by atoms with Gasteiger partial charge in [0.05, 0.1) is 17.6 Å². The van der Waals surface area contributed by atoms with E-state index in [-0.39, 0.29) is 5.11 Å². The summed E-state index contributed by atoms with van der Waals surface area (Å²) in [6.45, 7) is 4.98. The third-order valence-electron chi connectivity index (χ3n) is 3.67. The molecule has 3 N–H and O–H groups in total. The number of aryl methyl sites for hydroxylation is 1. The molecule has 0 saturated carbocycles. The molecule has 2 aromatic heterocycles. The standard InChI is InChI=1S/C16H18N6S/c1-3-21-11(2)14(10-18-21)15-8-9-22(20-15)13-6-4-12(5-7-13)19-16(17)23/h4-10H,3H2,1-2H3,(H3,17,19,23). The fourth-order valence-electron chi connectivity index (χ4n) is 2.47. The van der Waals surface area contributed by atoms with Crippen LogP contribution >= 0.6 is 12.2 Å². The van der Waals surface area contributed by atoms with Crippen LogP contribution in [-0.2, 0) is 6.54 Å². The maximum Gasteiger partial charge on any atom is 0.168 e. The number of aromatic nitrogens is 4. The van der Waals surface area contributed by atoms with Crippen LogP contribution in [0.3, 0.4) is 0 Å². The number of thiocarbonyl (C=S) groups is 1. The SMILES string of the molecule is CCn1ncc(-c2ccn(-c3ccc(NC(N)=S)cc3)n2)c1C. The van der Waals surface area contributed by atoms with Crippen molar-refractivity contribution in [3.63, 3.8) is 0 Å². The molecule has 0 fully saturated rings. The van der Waals surface area contributed by atoms with E-state index in [2.05, 4.69) is 29.4 Å². The molecular formula is C16H18N6S. The van der Waals surface area contributed by atoms with Crippen LogP contribution in [0.4, 0.5) is 5.69 Å². The van der Waals surface area contributed by atoms with E-state index < -0.39 is 0 Å². The molecule has 0 atom stereocenters. The van der Waals surface area contributed by atoms with Crippen molar-refractivity contribution in [2.24, 2.45) is 5.73 Å². The maximum atomic E-state index is 5.46. The van der Waals surface area contributed by atoms with Crippen molar-refractivity contribution >= 4 is 23.0 Å². The van der Waals surface area contributed by atoms with Crippen LogP contribution in [0.15, 0.2) is 42.7 Å². The molecule has 3 aromatic rings. The number of anilines is 1. The van der Waals surface area contributed by atoms with Gasteiger partial charge in [0.25, 0.3) is 0 Å². The first-order chi connectivity index (χ1) is 11.1. The van der Waals surface area contributed by atoms with E-state index in [1.54, 1.807) is 0 Å². The van der Waals surface area contributed by atoms with Crippen molar-refractivity contribution in [1.82, 2.24) is 19.6 Å².